The molecule has 28 nitrogen and oxygen atoms in total. The number of rotatable bonds is 26. The lowest BCUT2D eigenvalue weighted by molar-refractivity contribution is -0.386. The van der Waals surface area contributed by atoms with Gasteiger partial charge >= 0.3 is 0 Å². The number of piperazine rings is 2. The lowest BCUT2D eigenvalue weighted by Crippen LogP contribution is -2.47. The van der Waals surface area contributed by atoms with Gasteiger partial charge in [-0.05, 0) is 233 Å². The molecule has 696 valence electrons. The average molecular weight is 1880 g/mol. The molecule has 2 saturated heterocycles. The van der Waals surface area contributed by atoms with Crippen LogP contribution in [0.25, 0.3) is 33.2 Å². The van der Waals surface area contributed by atoms with Crippen molar-refractivity contribution < 1.29 is 64.7 Å². The lowest BCUT2D eigenvalue weighted by Gasteiger charge is -2.39. The molecule has 0 spiro atoms. The van der Waals surface area contributed by atoms with Crippen molar-refractivity contribution in [3.8, 4) is 34.5 Å². The van der Waals surface area contributed by atoms with E-state index in [2.05, 4.69) is 108 Å². The van der Waals surface area contributed by atoms with Crippen molar-refractivity contribution in [1.29, 1.82) is 0 Å². The highest BCUT2D eigenvalue weighted by Gasteiger charge is 2.39. The first-order valence-electron chi connectivity index (χ1n) is 45.9. The van der Waals surface area contributed by atoms with Gasteiger partial charge in [0.2, 0.25) is 0 Å². The molecular formula is C100H114Cl2N12O16S2. The van der Waals surface area contributed by atoms with E-state index >= 15 is 0 Å². The molecule has 0 unspecified atom stereocenters. The van der Waals surface area contributed by atoms with Crippen LogP contribution in [0.2, 0.25) is 10.0 Å². The number of fused-ring (bicyclic) bond motifs is 4. The van der Waals surface area contributed by atoms with Crippen LogP contribution in [0.1, 0.15) is 174 Å². The quantitative estimate of drug-likeness (QED) is 0.0289. The Kier molecular flexibility index (Phi) is 27.9. The van der Waals surface area contributed by atoms with Crippen LogP contribution in [0, 0.1) is 54.7 Å². The number of aromatic nitrogens is 4. The minimum atomic E-state index is -4.64. The Morgan fingerprint density at radius 3 is 1.41 bits per heavy atom. The van der Waals surface area contributed by atoms with Gasteiger partial charge in [-0.15, -0.1) is 0 Å². The molecule has 4 aliphatic carbocycles. The number of benzene rings is 6. The summed E-state index contributed by atoms with van der Waals surface area (Å²) in [5.74, 6) is 0.352. The Hall–Kier alpha value is -11.0. The van der Waals surface area contributed by atoms with Gasteiger partial charge in [0.05, 0.1) is 86.3 Å². The maximum atomic E-state index is 14.1. The number of H-pyrrole nitrogens is 2. The third-order valence-electron chi connectivity index (χ3n) is 27.7. The first-order valence-corrected chi connectivity index (χ1v) is 49.6. The number of anilines is 2. The van der Waals surface area contributed by atoms with Gasteiger partial charge in [-0.2, -0.15) is 0 Å². The van der Waals surface area contributed by atoms with Crippen LogP contribution < -0.4 is 38.2 Å². The van der Waals surface area contributed by atoms with E-state index in [4.69, 9.17) is 51.6 Å². The van der Waals surface area contributed by atoms with Crippen LogP contribution in [0.5, 0.6) is 34.5 Å². The van der Waals surface area contributed by atoms with E-state index < -0.39 is 51.5 Å². The van der Waals surface area contributed by atoms with Gasteiger partial charge in [0.1, 0.15) is 45.8 Å². The van der Waals surface area contributed by atoms with Crippen LogP contribution >= 0.6 is 23.2 Å². The number of carbonyl (C=O) groups excluding carboxylic acids is 2. The van der Waals surface area contributed by atoms with Gasteiger partial charge in [-0.3, -0.25) is 39.6 Å². The molecule has 132 heavy (non-hydrogen) atoms. The largest absolute Gasteiger partial charge is 0.493 e. The number of halogens is 2. The molecule has 4 N–H and O–H groups in total. The van der Waals surface area contributed by atoms with Gasteiger partial charge in [-0.25, -0.2) is 36.2 Å². The molecule has 8 heterocycles. The van der Waals surface area contributed by atoms with Crippen molar-refractivity contribution in [3.63, 3.8) is 0 Å². The summed E-state index contributed by atoms with van der Waals surface area (Å²) in [4.78, 5) is 75.4. The predicted molar refractivity (Wildman–Crippen MR) is 510 cm³/mol. The number of ether oxygens (including phenoxy) is 6. The summed E-state index contributed by atoms with van der Waals surface area (Å²) in [6.45, 7) is 20.4. The summed E-state index contributed by atoms with van der Waals surface area (Å²) < 4.78 is 96.6. The fourth-order valence-corrected chi connectivity index (χ4v) is 22.3. The monoisotopic (exact) mass is 1870 g/mol. The maximum Gasteiger partial charge on any atom is 0.277 e. The zero-order chi connectivity index (χ0) is 92.3. The molecule has 2 atom stereocenters. The second-order valence-corrected chi connectivity index (χ2v) is 42.7. The SMILES string of the molecule is CC1CCC(OC[C@@H]2COc3cc(S(=O)(=O)NC(=O)c4ccc(N5CCN(CC6=C(c7ccc(Cl)cc7)CC(C)(C)CC6)CC5)cc4Oc4cnc5[nH]ccc5c4)cc([N+](=O)[O-])c3C2)CC1.COC1CCC(C[C@@H]2COc3cc(S(=O)(=O)NC(=O)c4ccc(N5CCN(CC6=C(c7ccc(Cl)cc7)CC(C)(C)CC6)CC5)cc4Oc4cnc5[nH]ccc5c4)cc([N+](=O)[O-])c3C2)CC1. The number of sulfonamides is 2. The number of carbonyl (C=O) groups is 2. The molecule has 4 aromatic heterocycles. The smallest absolute Gasteiger partial charge is 0.277 e. The normalized spacial score (nSPS) is 21.3. The van der Waals surface area contributed by atoms with E-state index in [9.17, 15) is 46.7 Å². The number of pyridine rings is 2. The fourth-order valence-electron chi connectivity index (χ4n) is 20.1. The molecule has 4 fully saturated rings. The molecule has 8 aliphatic rings. The van der Waals surface area contributed by atoms with Gasteiger partial charge in [0.15, 0.2) is 0 Å². The highest BCUT2D eigenvalue weighted by molar-refractivity contribution is 7.90. The molecule has 10 aromatic rings. The van der Waals surface area contributed by atoms with E-state index in [1.807, 2.05) is 36.4 Å². The molecular weight excluding hydrogens is 1760 g/mol. The first kappa shape index (κ1) is 92.9. The molecule has 4 aliphatic heterocycles. The van der Waals surface area contributed by atoms with Crippen molar-refractivity contribution in [2.24, 2.45) is 34.5 Å². The number of nitrogens with one attached hydrogen (secondary N) is 4. The second kappa shape index (κ2) is 39.7. The number of nitro groups is 2. The predicted octanol–water partition coefficient (Wildman–Crippen LogP) is 19.9. The summed E-state index contributed by atoms with van der Waals surface area (Å²) in [6.07, 6.45) is 23.2. The minimum Gasteiger partial charge on any atom is -0.493 e. The van der Waals surface area contributed by atoms with Gasteiger partial charge in [0, 0.05) is 159 Å². The number of methoxy groups -OCH3 is 1. The Balaban J connectivity index is 0.000000184. The molecule has 18 rings (SSSR count). The van der Waals surface area contributed by atoms with E-state index in [1.165, 1.54) is 57.9 Å². The summed E-state index contributed by atoms with van der Waals surface area (Å²) in [6, 6.07) is 38.3. The number of amides is 2. The molecule has 0 bridgehead atoms. The topological polar surface area (TPSA) is 338 Å². The Morgan fingerprint density at radius 2 is 0.970 bits per heavy atom. The van der Waals surface area contributed by atoms with E-state index in [1.54, 1.807) is 68.0 Å². The molecule has 32 heteroatoms. The van der Waals surface area contributed by atoms with Crippen LogP contribution in [0.4, 0.5) is 22.7 Å². The Bertz CT molecular complexity index is 6270. The second-order valence-electron chi connectivity index (χ2n) is 38.4. The average Bonchev–Trinajstić information content (AvgIpc) is 1.07. The third-order valence-corrected chi connectivity index (χ3v) is 30.9. The molecule has 2 amide bonds. The molecule has 2 saturated carbocycles. The highest BCUT2D eigenvalue weighted by Crippen LogP contribution is 2.48. The van der Waals surface area contributed by atoms with Crippen LogP contribution in [-0.2, 0) is 42.4 Å². The third kappa shape index (κ3) is 22.1. The molecule has 0 radical (unpaired) electrons. The number of allylic oxidation sites excluding steroid dienone is 2. The summed E-state index contributed by atoms with van der Waals surface area (Å²) in [5.41, 5.74) is 11.4. The minimum absolute atomic E-state index is 0.0388. The van der Waals surface area contributed by atoms with Crippen LogP contribution in [0.15, 0.2) is 179 Å². The van der Waals surface area contributed by atoms with Crippen molar-refractivity contribution in [2.45, 2.75) is 166 Å². The van der Waals surface area contributed by atoms with E-state index in [0.29, 0.717) is 71.8 Å². The zero-order valence-electron chi connectivity index (χ0n) is 75.4. The number of nitro benzene ring substituents is 2. The number of nitrogens with zero attached hydrogens (tertiary/aromatic N) is 8. The number of aromatic amines is 2. The lowest BCUT2D eigenvalue weighted by atomic mass is 9.72. The van der Waals surface area contributed by atoms with Crippen molar-refractivity contribution in [2.75, 3.05) is 102 Å². The van der Waals surface area contributed by atoms with Gasteiger partial charge in [-0.1, -0.05) is 93.2 Å². The summed E-state index contributed by atoms with van der Waals surface area (Å²) in [5, 5.41) is 27.9. The Labute approximate surface area is 779 Å². The zero-order valence-corrected chi connectivity index (χ0v) is 78.5. The summed E-state index contributed by atoms with van der Waals surface area (Å²) >= 11 is 12.5. The van der Waals surface area contributed by atoms with Gasteiger partial charge < -0.3 is 48.2 Å². The van der Waals surface area contributed by atoms with Crippen molar-refractivity contribution in [3.05, 3.63) is 233 Å². The number of hydrogen-bond acceptors (Lipinski definition) is 22. The Morgan fingerprint density at radius 1 is 0.538 bits per heavy atom. The summed E-state index contributed by atoms with van der Waals surface area (Å²) in [7, 11) is -7.52. The highest BCUT2D eigenvalue weighted by atomic mass is 35.5. The standard InChI is InChI=1S/2C50H57ClN6O8S/c1-50(2)16-14-36(44(28-50)34-6-8-37(51)9-7-34)30-55-18-20-56(21-19-55)38-10-13-42(47(25-38)65-40-24-35-15-17-52-48(35)53-29-40)49(58)54-66(61,62)41-26-45(57(59)60)43-23-33(31-64-46(43)27-41)22-32-4-11-39(63-3)12-5-32;1-32-4-11-39(12-5-32)63-30-33-22-43-45(57(59)60)25-41(26-46(43)64-31-33)66(61,62)54-49(58)42-13-10-38(24-47(42)65-40-23-35-15-17-52-48(35)53-28-40)56-20-18-55(19-21-56)29-36-14-16-50(2,3)27-44(36)34-6-8-37(51)9-7-34/h6-10,13,15,17,24-27,29,32-33,39H,4-5,11-12,14,16,18-23,28,30-31H2,1-3H3,(H,52,53)(H,54,58);6-10,13,15,17,23-26,28,32-33,39H,4-5,11-12,14,16,18-22,27,29-31H2,1-3H3,(H,52,53)(H,54,58)/t2*32?,33-,39?/m01/s1. The maximum absolute atomic E-state index is 14.1. The fraction of sp³-hybridized carbons (Fsp3) is 0.440. The van der Waals surface area contributed by atoms with E-state index in [-0.39, 0.29) is 87.0 Å². The van der Waals surface area contributed by atoms with Crippen molar-refractivity contribution >= 4 is 111 Å². The number of hydrogen-bond donors (Lipinski definition) is 4. The van der Waals surface area contributed by atoms with Gasteiger partial charge in [0.25, 0.3) is 43.2 Å². The first-order chi connectivity index (χ1) is 63.4. The van der Waals surface area contributed by atoms with Crippen LogP contribution in [-0.4, -0.2) is 173 Å². The van der Waals surface area contributed by atoms with Crippen molar-refractivity contribution in [1.82, 2.24) is 39.2 Å². The molecule has 6 aromatic carbocycles. The van der Waals surface area contributed by atoms with E-state index in [0.717, 1.165) is 206 Å². The van der Waals surface area contributed by atoms with Crippen LogP contribution in [0.3, 0.4) is 0 Å².